The molecule has 8 heteroatoms. The number of para-hydroxylation sites is 1. The van der Waals surface area contributed by atoms with Crippen molar-refractivity contribution < 1.29 is 14.3 Å². The summed E-state index contributed by atoms with van der Waals surface area (Å²) < 4.78 is 5.15. The molecule has 2 aromatic carbocycles. The number of rotatable bonds is 4. The van der Waals surface area contributed by atoms with Crippen molar-refractivity contribution in [2.45, 2.75) is 45.1 Å². The number of H-pyrrole nitrogens is 1. The third kappa shape index (κ3) is 6.33. The highest BCUT2D eigenvalue weighted by Gasteiger charge is 2.22. The third-order valence-electron chi connectivity index (χ3n) is 6.38. The Morgan fingerprint density at radius 3 is 2.37 bits per heavy atom. The average molecular weight is 476 g/mol. The molecule has 0 saturated heterocycles. The molecule has 0 radical (unpaired) electrons. The fourth-order valence-corrected chi connectivity index (χ4v) is 4.52. The highest BCUT2D eigenvalue weighted by Crippen LogP contribution is 2.25. The predicted molar refractivity (Wildman–Crippen MR) is 135 cm³/mol. The van der Waals surface area contributed by atoms with E-state index in [2.05, 4.69) is 15.2 Å². The minimum absolute atomic E-state index is 0.0198. The van der Waals surface area contributed by atoms with Crippen LogP contribution < -0.4 is 4.90 Å². The van der Waals surface area contributed by atoms with Gasteiger partial charge in [0.1, 0.15) is 12.9 Å². The molecule has 3 aromatic rings. The van der Waals surface area contributed by atoms with Crippen LogP contribution in [-0.2, 0) is 16.1 Å². The molecule has 1 aliphatic heterocycles. The molecule has 0 aliphatic carbocycles. The number of ether oxygens (including phenoxy) is 1. The van der Waals surface area contributed by atoms with Crippen molar-refractivity contribution in [3.8, 4) is 11.4 Å². The van der Waals surface area contributed by atoms with Crippen LogP contribution in [0.5, 0.6) is 0 Å². The summed E-state index contributed by atoms with van der Waals surface area (Å²) >= 11 is 0. The molecule has 1 N–H and O–H groups in total. The third-order valence-corrected chi connectivity index (χ3v) is 6.38. The van der Waals surface area contributed by atoms with Gasteiger partial charge in [-0.05, 0) is 36.6 Å². The molecule has 184 valence electrons. The van der Waals surface area contributed by atoms with Gasteiger partial charge in [-0.15, -0.1) is 0 Å². The van der Waals surface area contributed by atoms with Crippen molar-refractivity contribution in [2.75, 3.05) is 31.7 Å². The van der Waals surface area contributed by atoms with E-state index in [1.54, 1.807) is 7.11 Å². The van der Waals surface area contributed by atoms with Gasteiger partial charge in [-0.3, -0.25) is 14.7 Å². The lowest BCUT2D eigenvalue weighted by Gasteiger charge is -2.28. The smallest absolute Gasteiger partial charge is 0.254 e. The van der Waals surface area contributed by atoms with Gasteiger partial charge in [0, 0.05) is 43.6 Å². The number of hydrogen-bond acceptors (Lipinski definition) is 5. The SMILES string of the molecule is COCC(=O)N1CCCCCCCCN(C(=O)c2ccc(-c3ncn[nH]3)cc2)Cc2ccccc21. The highest BCUT2D eigenvalue weighted by molar-refractivity contribution is 5.96. The first kappa shape index (κ1) is 24.6. The number of aromatic amines is 1. The Labute approximate surface area is 206 Å². The van der Waals surface area contributed by atoms with Crippen molar-refractivity contribution in [3.63, 3.8) is 0 Å². The lowest BCUT2D eigenvalue weighted by molar-refractivity contribution is -0.122. The summed E-state index contributed by atoms with van der Waals surface area (Å²) in [7, 11) is 1.54. The van der Waals surface area contributed by atoms with Gasteiger partial charge in [0.25, 0.3) is 11.8 Å². The number of carbonyl (C=O) groups is 2. The molecule has 8 nitrogen and oxygen atoms in total. The number of methoxy groups -OCH3 is 1. The molecule has 1 aliphatic rings. The molecule has 1 aromatic heterocycles. The van der Waals surface area contributed by atoms with Gasteiger partial charge in [-0.1, -0.05) is 56.0 Å². The fourth-order valence-electron chi connectivity index (χ4n) is 4.52. The van der Waals surface area contributed by atoms with Gasteiger partial charge in [-0.25, -0.2) is 4.98 Å². The lowest BCUT2D eigenvalue weighted by Crippen LogP contribution is -2.37. The van der Waals surface area contributed by atoms with Crippen LogP contribution in [0.1, 0.15) is 54.4 Å². The summed E-state index contributed by atoms with van der Waals surface area (Å²) in [6, 6.07) is 15.3. The lowest BCUT2D eigenvalue weighted by atomic mass is 10.1. The molecule has 0 spiro atoms. The Hall–Kier alpha value is -3.52. The quantitative estimate of drug-likeness (QED) is 0.602. The number of anilines is 1. The van der Waals surface area contributed by atoms with Gasteiger partial charge >= 0.3 is 0 Å². The van der Waals surface area contributed by atoms with E-state index in [0.717, 1.165) is 55.3 Å². The zero-order valence-corrected chi connectivity index (χ0v) is 20.3. The van der Waals surface area contributed by atoms with Crippen LogP contribution >= 0.6 is 0 Å². The summed E-state index contributed by atoms with van der Waals surface area (Å²) in [6.45, 7) is 1.80. The van der Waals surface area contributed by atoms with Crippen LogP contribution in [0.25, 0.3) is 11.4 Å². The van der Waals surface area contributed by atoms with Gasteiger partial charge in [0.2, 0.25) is 0 Å². The van der Waals surface area contributed by atoms with Gasteiger partial charge in [0.05, 0.1) is 0 Å². The second kappa shape index (κ2) is 12.3. The number of benzene rings is 2. The van der Waals surface area contributed by atoms with Crippen molar-refractivity contribution in [2.24, 2.45) is 0 Å². The molecule has 4 rings (SSSR count). The maximum atomic E-state index is 13.6. The summed E-state index contributed by atoms with van der Waals surface area (Å²) in [5.41, 5.74) is 3.32. The van der Waals surface area contributed by atoms with E-state index in [1.165, 1.54) is 6.33 Å². The molecular formula is C27H33N5O3. The summed E-state index contributed by atoms with van der Waals surface area (Å²) in [4.78, 5) is 34.4. The standard InChI is InChI=1S/C27H33N5O3/c1-35-19-25(33)32-17-9-5-3-2-4-8-16-31(18-23-10-6-7-11-24(23)32)27(34)22-14-12-21(13-15-22)26-28-20-29-30-26/h6-7,10-15,20H,2-5,8-9,16-19H2,1H3,(H,28,29,30). The van der Waals surface area contributed by atoms with Gasteiger partial charge in [0.15, 0.2) is 5.82 Å². The van der Waals surface area contributed by atoms with Crippen LogP contribution in [0.15, 0.2) is 54.9 Å². The molecule has 0 saturated carbocycles. The summed E-state index contributed by atoms with van der Waals surface area (Å²) in [6.07, 6.45) is 7.80. The molecule has 0 unspecified atom stereocenters. The maximum Gasteiger partial charge on any atom is 0.254 e. The molecule has 0 fully saturated rings. The van der Waals surface area contributed by atoms with E-state index >= 15 is 0 Å². The minimum atomic E-state index is -0.0595. The zero-order chi connectivity index (χ0) is 24.5. The largest absolute Gasteiger partial charge is 0.375 e. The van der Waals surface area contributed by atoms with Crippen molar-refractivity contribution in [1.82, 2.24) is 20.1 Å². The van der Waals surface area contributed by atoms with Crippen molar-refractivity contribution >= 4 is 17.5 Å². The topological polar surface area (TPSA) is 91.4 Å². The van der Waals surface area contributed by atoms with Crippen molar-refractivity contribution in [3.05, 3.63) is 66.0 Å². The second-order valence-electron chi connectivity index (χ2n) is 8.87. The summed E-state index contributed by atoms with van der Waals surface area (Å²) in [5.74, 6) is 0.588. The molecular weight excluding hydrogens is 442 g/mol. The molecule has 35 heavy (non-hydrogen) atoms. The number of amides is 2. The van der Waals surface area contributed by atoms with Crippen LogP contribution in [0.4, 0.5) is 5.69 Å². The van der Waals surface area contributed by atoms with E-state index in [0.29, 0.717) is 31.0 Å². The number of fused-ring (bicyclic) bond motifs is 1. The van der Waals surface area contributed by atoms with Crippen LogP contribution in [-0.4, -0.2) is 58.7 Å². The Kier molecular flexibility index (Phi) is 8.62. The van der Waals surface area contributed by atoms with E-state index in [9.17, 15) is 9.59 Å². The first-order valence-electron chi connectivity index (χ1n) is 12.3. The summed E-state index contributed by atoms with van der Waals surface area (Å²) in [5, 5.41) is 6.74. The molecule has 0 bridgehead atoms. The van der Waals surface area contributed by atoms with Crippen LogP contribution in [0, 0.1) is 0 Å². The Morgan fingerprint density at radius 1 is 0.943 bits per heavy atom. The van der Waals surface area contributed by atoms with Crippen LogP contribution in [0.3, 0.4) is 0 Å². The highest BCUT2D eigenvalue weighted by atomic mass is 16.5. The minimum Gasteiger partial charge on any atom is -0.375 e. The number of nitrogens with one attached hydrogen (secondary N) is 1. The molecule has 0 atom stereocenters. The number of hydrogen-bond donors (Lipinski definition) is 1. The normalized spacial score (nSPS) is 15.5. The van der Waals surface area contributed by atoms with E-state index in [1.807, 2.05) is 58.3 Å². The Bertz CT molecular complexity index is 1100. The van der Waals surface area contributed by atoms with Gasteiger partial charge in [-0.2, -0.15) is 5.10 Å². The second-order valence-corrected chi connectivity index (χ2v) is 8.87. The number of nitrogens with zero attached hydrogens (tertiary/aromatic N) is 4. The average Bonchev–Trinajstić information content (AvgIpc) is 3.42. The number of carbonyl (C=O) groups excluding carboxylic acids is 2. The van der Waals surface area contributed by atoms with E-state index in [4.69, 9.17) is 4.74 Å². The predicted octanol–water partition coefficient (Wildman–Crippen LogP) is 4.45. The first-order chi connectivity index (χ1) is 17.2. The molecule has 2 heterocycles. The Morgan fingerprint density at radius 2 is 1.66 bits per heavy atom. The monoisotopic (exact) mass is 475 g/mol. The fraction of sp³-hybridized carbons (Fsp3) is 0.407. The Balaban J connectivity index is 1.61. The first-order valence-corrected chi connectivity index (χ1v) is 12.3. The van der Waals surface area contributed by atoms with E-state index < -0.39 is 0 Å². The van der Waals surface area contributed by atoms with E-state index in [-0.39, 0.29) is 18.4 Å². The van der Waals surface area contributed by atoms with Crippen molar-refractivity contribution in [1.29, 1.82) is 0 Å². The zero-order valence-electron chi connectivity index (χ0n) is 20.3. The van der Waals surface area contributed by atoms with Crippen LogP contribution in [0.2, 0.25) is 0 Å². The molecule has 2 amide bonds. The van der Waals surface area contributed by atoms with Gasteiger partial charge < -0.3 is 14.5 Å². The maximum absolute atomic E-state index is 13.6. The number of aromatic nitrogens is 3.